The highest BCUT2D eigenvalue weighted by Crippen LogP contribution is 2.23. The molecule has 0 bridgehead atoms. The van der Waals surface area contributed by atoms with Crippen molar-refractivity contribution >= 4 is 11.6 Å². The predicted molar refractivity (Wildman–Crippen MR) is 82.9 cm³/mol. The van der Waals surface area contributed by atoms with Gasteiger partial charge in [-0.15, -0.1) is 0 Å². The Hall–Kier alpha value is -1.32. The molecule has 0 radical (unpaired) electrons. The van der Waals surface area contributed by atoms with Gasteiger partial charge in [-0.1, -0.05) is 33.6 Å². The molecular formula is C15H28N4. The van der Waals surface area contributed by atoms with Crippen molar-refractivity contribution in [3.8, 4) is 0 Å². The first-order valence-corrected chi connectivity index (χ1v) is 7.39. The Morgan fingerprint density at radius 2 is 1.63 bits per heavy atom. The van der Waals surface area contributed by atoms with Gasteiger partial charge in [-0.25, -0.2) is 9.97 Å². The number of rotatable bonds is 7. The third kappa shape index (κ3) is 3.82. The number of nitrogens with zero attached hydrogens (tertiary/aromatic N) is 2. The van der Waals surface area contributed by atoms with E-state index in [1.165, 1.54) is 12.8 Å². The van der Waals surface area contributed by atoms with Crippen LogP contribution in [-0.2, 0) is 6.42 Å². The molecule has 0 aromatic carbocycles. The molecule has 0 saturated carbocycles. The van der Waals surface area contributed by atoms with Gasteiger partial charge in [0.15, 0.2) is 0 Å². The molecule has 0 aliphatic carbocycles. The molecule has 0 fully saturated rings. The summed E-state index contributed by atoms with van der Waals surface area (Å²) < 4.78 is 0. The SMILES string of the molecule is CCc1nc(NC)c(C)c(NC(C)C(CC)CC)n1. The van der Waals surface area contributed by atoms with Gasteiger partial charge in [0.1, 0.15) is 17.5 Å². The molecule has 0 amide bonds. The Morgan fingerprint density at radius 3 is 2.11 bits per heavy atom. The Balaban J connectivity index is 2.99. The second-order valence-electron chi connectivity index (χ2n) is 5.08. The molecule has 1 rings (SSSR count). The molecule has 0 aliphatic rings. The molecule has 108 valence electrons. The van der Waals surface area contributed by atoms with Gasteiger partial charge in [-0.05, 0) is 19.8 Å². The Bertz CT molecular complexity index is 399. The van der Waals surface area contributed by atoms with Gasteiger partial charge in [-0.2, -0.15) is 0 Å². The maximum absolute atomic E-state index is 4.63. The van der Waals surface area contributed by atoms with Crippen LogP contribution >= 0.6 is 0 Å². The minimum absolute atomic E-state index is 0.429. The maximum atomic E-state index is 4.63. The summed E-state index contributed by atoms with van der Waals surface area (Å²) in [6, 6.07) is 0.429. The van der Waals surface area contributed by atoms with Gasteiger partial charge < -0.3 is 10.6 Å². The van der Waals surface area contributed by atoms with Gasteiger partial charge >= 0.3 is 0 Å². The fraction of sp³-hybridized carbons (Fsp3) is 0.733. The summed E-state index contributed by atoms with van der Waals surface area (Å²) in [5, 5.41) is 6.72. The largest absolute Gasteiger partial charge is 0.373 e. The van der Waals surface area contributed by atoms with Crippen LogP contribution in [0.1, 0.15) is 51.9 Å². The lowest BCUT2D eigenvalue weighted by Gasteiger charge is -2.24. The van der Waals surface area contributed by atoms with Crippen molar-refractivity contribution in [2.24, 2.45) is 5.92 Å². The number of aromatic nitrogens is 2. The normalized spacial score (nSPS) is 12.6. The zero-order chi connectivity index (χ0) is 14.4. The van der Waals surface area contributed by atoms with Gasteiger partial charge in [0.25, 0.3) is 0 Å². The first kappa shape index (κ1) is 15.7. The molecule has 1 aromatic rings. The van der Waals surface area contributed by atoms with Crippen LogP contribution in [0.2, 0.25) is 0 Å². The summed E-state index contributed by atoms with van der Waals surface area (Å²) in [4.78, 5) is 9.13. The molecule has 1 atom stereocenters. The quantitative estimate of drug-likeness (QED) is 0.789. The molecule has 19 heavy (non-hydrogen) atoms. The molecule has 2 N–H and O–H groups in total. The van der Waals surface area contributed by atoms with Crippen LogP contribution in [0.5, 0.6) is 0 Å². The highest BCUT2D eigenvalue weighted by molar-refractivity contribution is 5.57. The Kier molecular flexibility index (Phi) is 6.06. The van der Waals surface area contributed by atoms with Crippen LogP contribution in [0.4, 0.5) is 11.6 Å². The van der Waals surface area contributed by atoms with E-state index in [4.69, 9.17) is 0 Å². The predicted octanol–water partition coefficient (Wildman–Crippen LogP) is 3.63. The number of hydrogen-bond acceptors (Lipinski definition) is 4. The van der Waals surface area contributed by atoms with E-state index in [1.807, 2.05) is 7.05 Å². The van der Waals surface area contributed by atoms with E-state index in [0.717, 1.165) is 29.4 Å². The zero-order valence-electron chi connectivity index (χ0n) is 13.2. The molecule has 1 heterocycles. The number of anilines is 2. The van der Waals surface area contributed by atoms with Gasteiger partial charge in [0, 0.05) is 25.1 Å². The molecule has 4 nitrogen and oxygen atoms in total. The first-order chi connectivity index (χ1) is 9.07. The second-order valence-corrected chi connectivity index (χ2v) is 5.08. The van der Waals surface area contributed by atoms with E-state index in [1.54, 1.807) is 0 Å². The monoisotopic (exact) mass is 264 g/mol. The van der Waals surface area contributed by atoms with Crippen molar-refractivity contribution in [2.75, 3.05) is 17.7 Å². The maximum Gasteiger partial charge on any atom is 0.134 e. The van der Waals surface area contributed by atoms with Crippen molar-refractivity contribution in [2.45, 2.75) is 59.9 Å². The van der Waals surface area contributed by atoms with E-state index >= 15 is 0 Å². The smallest absolute Gasteiger partial charge is 0.134 e. The first-order valence-electron chi connectivity index (χ1n) is 7.39. The van der Waals surface area contributed by atoms with Gasteiger partial charge in [-0.3, -0.25) is 0 Å². The fourth-order valence-electron chi connectivity index (χ4n) is 2.43. The van der Waals surface area contributed by atoms with Crippen LogP contribution in [0.15, 0.2) is 0 Å². The summed E-state index contributed by atoms with van der Waals surface area (Å²) in [5.74, 6) is 3.45. The lowest BCUT2D eigenvalue weighted by Crippen LogP contribution is -2.26. The number of nitrogens with one attached hydrogen (secondary N) is 2. The number of hydrogen-bond donors (Lipinski definition) is 2. The molecule has 1 unspecified atom stereocenters. The van der Waals surface area contributed by atoms with E-state index in [0.29, 0.717) is 12.0 Å². The third-order valence-electron chi connectivity index (χ3n) is 3.87. The minimum Gasteiger partial charge on any atom is -0.373 e. The Labute approximate surface area is 117 Å². The lowest BCUT2D eigenvalue weighted by atomic mass is 9.95. The van der Waals surface area contributed by atoms with E-state index in [-0.39, 0.29) is 0 Å². The molecular weight excluding hydrogens is 236 g/mol. The molecule has 0 spiro atoms. The molecule has 4 heteroatoms. The van der Waals surface area contributed by atoms with Crippen LogP contribution in [0.3, 0.4) is 0 Å². The number of aryl methyl sites for hydroxylation is 1. The summed E-state index contributed by atoms with van der Waals surface area (Å²) in [5.41, 5.74) is 1.09. The summed E-state index contributed by atoms with van der Waals surface area (Å²) in [6.45, 7) is 10.9. The highest BCUT2D eigenvalue weighted by atomic mass is 15.1. The summed E-state index contributed by atoms with van der Waals surface area (Å²) >= 11 is 0. The average Bonchev–Trinajstić information content (AvgIpc) is 2.42. The third-order valence-corrected chi connectivity index (χ3v) is 3.87. The van der Waals surface area contributed by atoms with Crippen molar-refractivity contribution in [1.29, 1.82) is 0 Å². The van der Waals surface area contributed by atoms with Crippen molar-refractivity contribution < 1.29 is 0 Å². The van der Waals surface area contributed by atoms with Crippen LogP contribution in [0.25, 0.3) is 0 Å². The van der Waals surface area contributed by atoms with E-state index < -0.39 is 0 Å². The van der Waals surface area contributed by atoms with Crippen LogP contribution < -0.4 is 10.6 Å². The van der Waals surface area contributed by atoms with E-state index in [2.05, 4.69) is 55.2 Å². The molecule has 0 saturated heterocycles. The topological polar surface area (TPSA) is 49.8 Å². The van der Waals surface area contributed by atoms with Crippen LogP contribution in [-0.4, -0.2) is 23.1 Å². The fourth-order valence-corrected chi connectivity index (χ4v) is 2.43. The average molecular weight is 264 g/mol. The molecule has 1 aromatic heterocycles. The van der Waals surface area contributed by atoms with Crippen molar-refractivity contribution in [3.05, 3.63) is 11.4 Å². The summed E-state index contributed by atoms with van der Waals surface area (Å²) in [7, 11) is 1.91. The van der Waals surface area contributed by atoms with Gasteiger partial charge in [0.05, 0.1) is 0 Å². The summed E-state index contributed by atoms with van der Waals surface area (Å²) in [6.07, 6.45) is 3.23. The standard InChI is InChI=1S/C15H28N4/c1-7-12(8-2)11(5)17-15-10(4)14(16-6)18-13(9-3)19-15/h11-12H,7-9H2,1-6H3,(H2,16,17,18,19). The Morgan fingerprint density at radius 1 is 1.05 bits per heavy atom. The second kappa shape index (κ2) is 7.31. The zero-order valence-corrected chi connectivity index (χ0v) is 13.2. The minimum atomic E-state index is 0.429. The van der Waals surface area contributed by atoms with Crippen molar-refractivity contribution in [1.82, 2.24) is 9.97 Å². The molecule has 0 aliphatic heterocycles. The lowest BCUT2D eigenvalue weighted by molar-refractivity contribution is 0.437. The van der Waals surface area contributed by atoms with Crippen LogP contribution in [0, 0.1) is 12.8 Å². The van der Waals surface area contributed by atoms with Crippen molar-refractivity contribution in [3.63, 3.8) is 0 Å². The van der Waals surface area contributed by atoms with Gasteiger partial charge in [0.2, 0.25) is 0 Å². The van der Waals surface area contributed by atoms with E-state index in [9.17, 15) is 0 Å². The highest BCUT2D eigenvalue weighted by Gasteiger charge is 2.16.